The lowest BCUT2D eigenvalue weighted by molar-refractivity contribution is -0.286. The number of likely N-dealkylation sites (tertiary alicyclic amines) is 1. The van der Waals surface area contributed by atoms with Gasteiger partial charge in [-0.2, -0.15) is 0 Å². The summed E-state index contributed by atoms with van der Waals surface area (Å²) >= 11 is 6.04. The molecular weight excluding hydrogens is 392 g/mol. The lowest BCUT2D eigenvalue weighted by Crippen LogP contribution is -2.33. The molecule has 1 fully saturated rings. The number of aromatic nitrogens is 1. The number of aryl methyl sites for hydroxylation is 1. The van der Waals surface area contributed by atoms with E-state index in [1.807, 2.05) is 0 Å². The number of rotatable bonds is 4. The number of halogens is 3. The van der Waals surface area contributed by atoms with Gasteiger partial charge in [0.05, 0.1) is 16.9 Å². The lowest BCUT2D eigenvalue weighted by atomic mass is 9.98. The highest BCUT2D eigenvalue weighted by molar-refractivity contribution is 6.33. The molecule has 4 rings (SSSR count). The average molecular weight is 410 g/mol. The van der Waals surface area contributed by atoms with Gasteiger partial charge in [-0.1, -0.05) is 17.7 Å². The molecule has 2 amide bonds. The van der Waals surface area contributed by atoms with Crippen LogP contribution in [0, 0.1) is 5.92 Å². The first-order valence-corrected chi connectivity index (χ1v) is 9.32. The van der Waals surface area contributed by atoms with E-state index in [2.05, 4.69) is 19.8 Å². The highest BCUT2D eigenvalue weighted by Crippen LogP contribution is 2.41. The Labute approximate surface area is 165 Å². The summed E-state index contributed by atoms with van der Waals surface area (Å²) in [5.74, 6) is 0.441. The maximum absolute atomic E-state index is 13.1. The number of ether oxygens (including phenoxy) is 2. The molecule has 1 N–H and O–H groups in total. The van der Waals surface area contributed by atoms with Gasteiger partial charge in [0.2, 0.25) is 0 Å². The van der Waals surface area contributed by atoms with Crippen LogP contribution in [0.3, 0.4) is 0 Å². The van der Waals surface area contributed by atoms with Gasteiger partial charge >= 0.3 is 12.3 Å². The van der Waals surface area contributed by atoms with E-state index >= 15 is 0 Å². The van der Waals surface area contributed by atoms with Crippen LogP contribution in [0.4, 0.5) is 19.3 Å². The van der Waals surface area contributed by atoms with Crippen molar-refractivity contribution in [3.63, 3.8) is 0 Å². The van der Waals surface area contributed by atoms with Crippen LogP contribution in [0.5, 0.6) is 11.5 Å². The van der Waals surface area contributed by atoms with Gasteiger partial charge < -0.3 is 19.7 Å². The number of benzene rings is 1. The number of carbonyl (C=O) groups excluding carboxylic acids is 1. The summed E-state index contributed by atoms with van der Waals surface area (Å²) in [6.45, 7) is 1.29. The minimum Gasteiger partial charge on any atom is -0.395 e. The summed E-state index contributed by atoms with van der Waals surface area (Å²) in [6.07, 6.45) is 1.90. The molecule has 1 saturated heterocycles. The molecule has 2 aliphatic rings. The van der Waals surface area contributed by atoms with Gasteiger partial charge in [0.25, 0.3) is 0 Å². The number of nitrogens with one attached hydrogen (secondary N) is 1. The van der Waals surface area contributed by atoms with Gasteiger partial charge in [-0.05, 0) is 48.9 Å². The summed E-state index contributed by atoms with van der Waals surface area (Å²) < 4.78 is 35.1. The summed E-state index contributed by atoms with van der Waals surface area (Å²) in [6, 6.07) is 6.25. The third-order valence-corrected chi connectivity index (χ3v) is 5.22. The summed E-state index contributed by atoms with van der Waals surface area (Å²) in [7, 11) is 0. The van der Waals surface area contributed by atoms with Crippen LogP contribution in [0.25, 0.3) is 0 Å². The fourth-order valence-electron chi connectivity index (χ4n) is 3.44. The van der Waals surface area contributed by atoms with Crippen molar-refractivity contribution in [1.29, 1.82) is 0 Å². The van der Waals surface area contributed by atoms with Crippen LogP contribution in [-0.2, 0) is 6.42 Å². The number of amides is 2. The average Bonchev–Trinajstić information content (AvgIpc) is 3.24. The van der Waals surface area contributed by atoms with Crippen molar-refractivity contribution < 1.29 is 23.0 Å². The summed E-state index contributed by atoms with van der Waals surface area (Å²) in [4.78, 5) is 18.1. The van der Waals surface area contributed by atoms with Gasteiger partial charge in [0, 0.05) is 19.3 Å². The van der Waals surface area contributed by atoms with Crippen molar-refractivity contribution in [2.24, 2.45) is 5.92 Å². The summed E-state index contributed by atoms with van der Waals surface area (Å²) in [5.41, 5.74) is 1.37. The molecule has 3 heterocycles. The van der Waals surface area contributed by atoms with Crippen LogP contribution in [0.1, 0.15) is 18.4 Å². The SMILES string of the molecule is O=C(Nc1cnccc1Cl)N1CCC(CCc2ccc3c(c2)OC(F)(F)O3)C1. The van der Waals surface area contributed by atoms with Crippen molar-refractivity contribution in [3.05, 3.63) is 47.2 Å². The number of nitrogens with zero attached hydrogens (tertiary/aromatic N) is 2. The molecule has 0 bridgehead atoms. The maximum atomic E-state index is 13.1. The van der Waals surface area contributed by atoms with E-state index < -0.39 is 6.29 Å². The molecule has 148 valence electrons. The Balaban J connectivity index is 1.29. The fraction of sp³-hybridized carbons (Fsp3) is 0.368. The van der Waals surface area contributed by atoms with Gasteiger partial charge in [-0.3, -0.25) is 4.98 Å². The van der Waals surface area contributed by atoms with Crippen LogP contribution in [0.2, 0.25) is 5.02 Å². The first-order valence-electron chi connectivity index (χ1n) is 8.94. The molecule has 1 unspecified atom stereocenters. The van der Waals surface area contributed by atoms with E-state index in [4.69, 9.17) is 11.6 Å². The fourth-order valence-corrected chi connectivity index (χ4v) is 3.59. The Morgan fingerprint density at radius 3 is 2.96 bits per heavy atom. The minimum atomic E-state index is -3.60. The number of pyridine rings is 1. The molecule has 2 aromatic rings. The van der Waals surface area contributed by atoms with Gasteiger partial charge in [-0.25, -0.2) is 4.79 Å². The zero-order valence-corrected chi connectivity index (χ0v) is 15.6. The molecule has 1 aromatic carbocycles. The number of hydrogen-bond donors (Lipinski definition) is 1. The third-order valence-electron chi connectivity index (χ3n) is 4.89. The molecule has 0 radical (unpaired) electrons. The van der Waals surface area contributed by atoms with E-state index in [1.54, 1.807) is 29.3 Å². The lowest BCUT2D eigenvalue weighted by Gasteiger charge is -2.18. The molecule has 9 heteroatoms. The van der Waals surface area contributed by atoms with E-state index in [0.29, 0.717) is 36.1 Å². The van der Waals surface area contributed by atoms with E-state index in [1.165, 1.54) is 12.3 Å². The number of hydrogen-bond acceptors (Lipinski definition) is 4. The number of urea groups is 1. The van der Waals surface area contributed by atoms with Crippen molar-refractivity contribution in [1.82, 2.24) is 9.88 Å². The predicted octanol–water partition coefficient (Wildman–Crippen LogP) is 4.54. The second kappa shape index (κ2) is 7.43. The van der Waals surface area contributed by atoms with E-state index in [9.17, 15) is 13.6 Å². The van der Waals surface area contributed by atoms with Crippen LogP contribution in [-0.4, -0.2) is 35.3 Å². The quantitative estimate of drug-likeness (QED) is 0.805. The van der Waals surface area contributed by atoms with E-state index in [0.717, 1.165) is 18.4 Å². The molecule has 0 saturated carbocycles. The first kappa shape index (κ1) is 18.7. The molecule has 0 spiro atoms. The Kier molecular flexibility index (Phi) is 4.97. The molecule has 2 aliphatic heterocycles. The maximum Gasteiger partial charge on any atom is 0.586 e. The normalized spacial score (nSPS) is 19.7. The molecule has 28 heavy (non-hydrogen) atoms. The first-order chi connectivity index (χ1) is 13.4. The number of fused-ring (bicyclic) bond motifs is 1. The topological polar surface area (TPSA) is 63.7 Å². The Morgan fingerprint density at radius 2 is 2.14 bits per heavy atom. The minimum absolute atomic E-state index is 0.0477. The molecule has 6 nitrogen and oxygen atoms in total. The van der Waals surface area contributed by atoms with Crippen molar-refractivity contribution in [2.75, 3.05) is 18.4 Å². The largest absolute Gasteiger partial charge is 0.586 e. The number of anilines is 1. The molecule has 0 aliphatic carbocycles. The van der Waals surface area contributed by atoms with Gasteiger partial charge in [0.1, 0.15) is 0 Å². The van der Waals surface area contributed by atoms with Gasteiger partial charge in [0.15, 0.2) is 11.5 Å². The second-order valence-electron chi connectivity index (χ2n) is 6.87. The number of carbonyl (C=O) groups is 1. The van der Waals surface area contributed by atoms with Crippen LogP contribution < -0.4 is 14.8 Å². The third kappa shape index (κ3) is 4.11. The molecular formula is C19H18ClF2N3O3. The summed E-state index contributed by atoms with van der Waals surface area (Å²) in [5, 5.41) is 3.21. The Bertz CT molecular complexity index is 896. The van der Waals surface area contributed by atoms with Crippen molar-refractivity contribution in [3.8, 4) is 11.5 Å². The molecule has 1 aromatic heterocycles. The highest BCUT2D eigenvalue weighted by atomic mass is 35.5. The second-order valence-corrected chi connectivity index (χ2v) is 7.28. The molecule has 1 atom stereocenters. The van der Waals surface area contributed by atoms with Crippen LogP contribution >= 0.6 is 11.6 Å². The standard InChI is InChI=1S/C19H18ClF2N3O3/c20-14-5-7-23-10-15(14)24-18(26)25-8-6-13(11-25)2-1-12-3-4-16-17(9-12)28-19(21,22)27-16/h3-5,7,9-10,13H,1-2,6,8,11H2,(H,24,26). The monoisotopic (exact) mass is 409 g/mol. The van der Waals surface area contributed by atoms with E-state index in [-0.39, 0.29) is 17.5 Å². The highest BCUT2D eigenvalue weighted by Gasteiger charge is 2.43. The van der Waals surface area contributed by atoms with Crippen LogP contribution in [0.15, 0.2) is 36.7 Å². The van der Waals surface area contributed by atoms with Crippen molar-refractivity contribution >= 4 is 23.3 Å². The Morgan fingerprint density at radius 1 is 1.32 bits per heavy atom. The predicted molar refractivity (Wildman–Crippen MR) is 98.9 cm³/mol. The van der Waals surface area contributed by atoms with Crippen molar-refractivity contribution in [2.45, 2.75) is 25.6 Å². The number of alkyl halides is 2. The smallest absolute Gasteiger partial charge is 0.395 e. The zero-order valence-electron chi connectivity index (χ0n) is 14.8. The van der Waals surface area contributed by atoms with Gasteiger partial charge in [-0.15, -0.1) is 8.78 Å². The zero-order chi connectivity index (χ0) is 19.7. The Hall–Kier alpha value is -2.61.